The molecule has 0 saturated carbocycles. The number of carbonyl (C=O) groups is 1. The summed E-state index contributed by atoms with van der Waals surface area (Å²) in [5, 5.41) is 6.35. The molecule has 0 spiro atoms. The summed E-state index contributed by atoms with van der Waals surface area (Å²) in [5.41, 5.74) is 5.70. The van der Waals surface area contributed by atoms with Gasteiger partial charge in [-0.3, -0.25) is 4.79 Å². The van der Waals surface area contributed by atoms with E-state index in [2.05, 4.69) is 24.5 Å². The molecule has 0 aromatic rings. The highest BCUT2D eigenvalue weighted by Crippen LogP contribution is 2.09. The van der Waals surface area contributed by atoms with E-state index < -0.39 is 0 Å². The van der Waals surface area contributed by atoms with E-state index in [1.807, 2.05) is 0 Å². The lowest BCUT2D eigenvalue weighted by Crippen LogP contribution is -2.48. The summed E-state index contributed by atoms with van der Waals surface area (Å²) in [6.07, 6.45) is 1.59. The van der Waals surface area contributed by atoms with Gasteiger partial charge in [0.1, 0.15) is 0 Å². The Balaban J connectivity index is 2.21. The summed E-state index contributed by atoms with van der Waals surface area (Å²) in [6.45, 7) is 6.83. The van der Waals surface area contributed by atoms with E-state index in [-0.39, 0.29) is 5.91 Å². The number of nitrogens with one attached hydrogen (secondary N) is 2. The number of amides is 1. The SMILES string of the molecule is CC(C)C(CN)CNC1CCC(=O)NC1. The van der Waals surface area contributed by atoms with E-state index in [0.717, 1.165) is 26.1 Å². The van der Waals surface area contributed by atoms with Crippen LogP contribution in [0.3, 0.4) is 0 Å². The minimum atomic E-state index is 0.173. The number of piperidine rings is 1. The Kier molecular flexibility index (Phi) is 5.05. The standard InChI is InChI=1S/C11H23N3O/c1-8(2)9(5-12)6-13-10-3-4-11(15)14-7-10/h8-10,13H,3-7,12H2,1-2H3,(H,14,15). The second kappa shape index (κ2) is 6.08. The fourth-order valence-electron chi connectivity index (χ4n) is 1.82. The lowest BCUT2D eigenvalue weighted by molar-refractivity contribution is -0.122. The van der Waals surface area contributed by atoms with Gasteiger partial charge in [-0.2, -0.15) is 0 Å². The van der Waals surface area contributed by atoms with Crippen LogP contribution < -0.4 is 16.4 Å². The second-order valence-electron chi connectivity index (χ2n) is 4.69. The zero-order valence-corrected chi connectivity index (χ0v) is 9.75. The first-order valence-corrected chi connectivity index (χ1v) is 5.83. The lowest BCUT2D eigenvalue weighted by atomic mass is 9.95. The molecule has 1 aliphatic rings. The average molecular weight is 213 g/mol. The maximum absolute atomic E-state index is 11.0. The molecular weight excluding hydrogens is 190 g/mol. The van der Waals surface area contributed by atoms with Crippen molar-refractivity contribution < 1.29 is 4.79 Å². The molecule has 0 bridgehead atoms. The molecule has 4 heteroatoms. The molecule has 2 unspecified atom stereocenters. The topological polar surface area (TPSA) is 67.1 Å². The summed E-state index contributed by atoms with van der Waals surface area (Å²) in [5.74, 6) is 1.32. The summed E-state index contributed by atoms with van der Waals surface area (Å²) in [4.78, 5) is 11.0. The number of nitrogens with two attached hydrogens (primary N) is 1. The molecule has 1 saturated heterocycles. The highest BCUT2D eigenvalue weighted by molar-refractivity contribution is 5.76. The van der Waals surface area contributed by atoms with E-state index in [1.54, 1.807) is 0 Å². The van der Waals surface area contributed by atoms with Crippen LogP contribution in [0.15, 0.2) is 0 Å². The summed E-state index contributed by atoms with van der Waals surface area (Å²) < 4.78 is 0. The molecule has 0 radical (unpaired) electrons. The first-order valence-electron chi connectivity index (χ1n) is 5.83. The third kappa shape index (κ3) is 4.18. The zero-order valence-electron chi connectivity index (χ0n) is 9.75. The van der Waals surface area contributed by atoms with E-state index in [0.29, 0.717) is 24.3 Å². The van der Waals surface area contributed by atoms with Crippen LogP contribution >= 0.6 is 0 Å². The molecular formula is C11H23N3O. The molecule has 0 aromatic carbocycles. The zero-order chi connectivity index (χ0) is 11.3. The molecule has 4 nitrogen and oxygen atoms in total. The van der Waals surface area contributed by atoms with E-state index in [1.165, 1.54) is 0 Å². The van der Waals surface area contributed by atoms with Crippen molar-refractivity contribution in [2.45, 2.75) is 32.7 Å². The van der Waals surface area contributed by atoms with Crippen LogP contribution in [0, 0.1) is 11.8 Å². The van der Waals surface area contributed by atoms with Gasteiger partial charge in [0.25, 0.3) is 0 Å². The Hall–Kier alpha value is -0.610. The van der Waals surface area contributed by atoms with Crippen molar-refractivity contribution >= 4 is 5.91 Å². The maximum Gasteiger partial charge on any atom is 0.220 e. The van der Waals surface area contributed by atoms with Crippen molar-refractivity contribution in [2.75, 3.05) is 19.6 Å². The van der Waals surface area contributed by atoms with Crippen molar-refractivity contribution in [3.05, 3.63) is 0 Å². The molecule has 15 heavy (non-hydrogen) atoms. The number of hydrogen-bond acceptors (Lipinski definition) is 3. The van der Waals surface area contributed by atoms with Crippen LogP contribution in [0.25, 0.3) is 0 Å². The second-order valence-corrected chi connectivity index (χ2v) is 4.69. The van der Waals surface area contributed by atoms with E-state index in [9.17, 15) is 4.79 Å². The van der Waals surface area contributed by atoms with Gasteiger partial charge in [-0.05, 0) is 31.3 Å². The van der Waals surface area contributed by atoms with Crippen LogP contribution in [0.5, 0.6) is 0 Å². The first kappa shape index (κ1) is 12.5. The monoisotopic (exact) mass is 213 g/mol. The normalized spacial score (nSPS) is 24.0. The molecule has 88 valence electrons. The van der Waals surface area contributed by atoms with Crippen LogP contribution in [0.4, 0.5) is 0 Å². The van der Waals surface area contributed by atoms with E-state index in [4.69, 9.17) is 5.73 Å². The predicted molar refractivity (Wildman–Crippen MR) is 61.4 cm³/mol. The van der Waals surface area contributed by atoms with Gasteiger partial charge in [-0.25, -0.2) is 0 Å². The molecule has 1 rings (SSSR count). The minimum Gasteiger partial charge on any atom is -0.355 e. The van der Waals surface area contributed by atoms with Gasteiger partial charge >= 0.3 is 0 Å². The smallest absolute Gasteiger partial charge is 0.220 e. The highest BCUT2D eigenvalue weighted by atomic mass is 16.1. The Morgan fingerprint density at radius 3 is 2.80 bits per heavy atom. The molecule has 2 atom stereocenters. The molecule has 1 aliphatic heterocycles. The fourth-order valence-corrected chi connectivity index (χ4v) is 1.82. The number of rotatable bonds is 5. The van der Waals surface area contributed by atoms with Gasteiger partial charge in [0.15, 0.2) is 0 Å². The Morgan fingerprint density at radius 1 is 1.60 bits per heavy atom. The Bertz CT molecular complexity index is 196. The van der Waals surface area contributed by atoms with Crippen LogP contribution in [-0.4, -0.2) is 31.6 Å². The number of carbonyl (C=O) groups excluding carboxylic acids is 1. The highest BCUT2D eigenvalue weighted by Gasteiger charge is 2.19. The molecule has 1 heterocycles. The summed E-state index contributed by atoms with van der Waals surface area (Å²) in [6, 6.07) is 0.426. The van der Waals surface area contributed by atoms with Gasteiger partial charge < -0.3 is 16.4 Å². The quantitative estimate of drug-likeness (QED) is 0.606. The summed E-state index contributed by atoms with van der Waals surface area (Å²) >= 11 is 0. The maximum atomic E-state index is 11.0. The van der Waals surface area contributed by atoms with Gasteiger partial charge in [-0.15, -0.1) is 0 Å². The Labute approximate surface area is 92.0 Å². The Morgan fingerprint density at radius 2 is 2.33 bits per heavy atom. The van der Waals surface area contributed by atoms with Crippen molar-refractivity contribution in [1.82, 2.24) is 10.6 Å². The van der Waals surface area contributed by atoms with Crippen molar-refractivity contribution in [2.24, 2.45) is 17.6 Å². The molecule has 4 N–H and O–H groups in total. The predicted octanol–water partition coefficient (Wildman–Crippen LogP) is 0.0855. The lowest BCUT2D eigenvalue weighted by Gasteiger charge is -2.27. The van der Waals surface area contributed by atoms with Gasteiger partial charge in [0.05, 0.1) is 0 Å². The van der Waals surface area contributed by atoms with Crippen molar-refractivity contribution in [3.8, 4) is 0 Å². The molecule has 0 aromatic heterocycles. The first-order chi connectivity index (χ1) is 7.13. The largest absolute Gasteiger partial charge is 0.355 e. The number of hydrogen-bond donors (Lipinski definition) is 3. The third-order valence-corrected chi connectivity index (χ3v) is 3.18. The third-order valence-electron chi connectivity index (χ3n) is 3.18. The van der Waals surface area contributed by atoms with Crippen molar-refractivity contribution in [1.29, 1.82) is 0 Å². The average Bonchev–Trinajstić information content (AvgIpc) is 2.21. The molecule has 1 amide bonds. The van der Waals surface area contributed by atoms with Crippen LogP contribution in [0.1, 0.15) is 26.7 Å². The molecule has 0 aliphatic carbocycles. The van der Waals surface area contributed by atoms with Crippen LogP contribution in [0.2, 0.25) is 0 Å². The van der Waals surface area contributed by atoms with Gasteiger partial charge in [-0.1, -0.05) is 13.8 Å². The van der Waals surface area contributed by atoms with Crippen LogP contribution in [-0.2, 0) is 4.79 Å². The minimum absolute atomic E-state index is 0.173. The van der Waals surface area contributed by atoms with E-state index >= 15 is 0 Å². The fraction of sp³-hybridized carbons (Fsp3) is 0.909. The van der Waals surface area contributed by atoms with Gasteiger partial charge in [0.2, 0.25) is 5.91 Å². The molecule has 1 fully saturated rings. The van der Waals surface area contributed by atoms with Gasteiger partial charge in [0, 0.05) is 19.0 Å². The summed E-state index contributed by atoms with van der Waals surface area (Å²) in [7, 11) is 0. The van der Waals surface area contributed by atoms with Crippen molar-refractivity contribution in [3.63, 3.8) is 0 Å².